The SMILES string of the molecule is CN1Cc2cc(-c3cccc4nc(C(=O)N5CCCCC5)ccc34)ccc2C1=O. The fourth-order valence-corrected chi connectivity index (χ4v) is 4.42. The van der Waals surface area contributed by atoms with E-state index < -0.39 is 0 Å². The molecule has 3 aromatic rings. The molecule has 29 heavy (non-hydrogen) atoms. The maximum Gasteiger partial charge on any atom is 0.272 e. The van der Waals surface area contributed by atoms with E-state index >= 15 is 0 Å². The molecule has 1 aromatic heterocycles. The molecule has 0 radical (unpaired) electrons. The molecule has 146 valence electrons. The number of fused-ring (bicyclic) bond motifs is 2. The molecule has 5 rings (SSSR count). The number of piperidine rings is 1. The summed E-state index contributed by atoms with van der Waals surface area (Å²) >= 11 is 0. The largest absolute Gasteiger partial charge is 0.337 e. The summed E-state index contributed by atoms with van der Waals surface area (Å²) < 4.78 is 0. The normalized spacial score (nSPS) is 16.4. The lowest BCUT2D eigenvalue weighted by molar-refractivity contribution is 0.0718. The molecular formula is C24H23N3O2. The zero-order valence-electron chi connectivity index (χ0n) is 16.5. The quantitative estimate of drug-likeness (QED) is 0.667. The summed E-state index contributed by atoms with van der Waals surface area (Å²) in [5.74, 6) is 0.100. The Bertz CT molecular complexity index is 1130. The molecule has 2 aliphatic rings. The van der Waals surface area contributed by atoms with Gasteiger partial charge in [-0.05, 0) is 66.3 Å². The zero-order chi connectivity index (χ0) is 20.0. The molecule has 2 amide bonds. The number of likely N-dealkylation sites (tertiary alicyclic amines) is 1. The molecule has 0 saturated carbocycles. The number of aromatic nitrogens is 1. The minimum Gasteiger partial charge on any atom is -0.337 e. The Kier molecular flexibility index (Phi) is 4.31. The Morgan fingerprint density at radius 3 is 2.62 bits per heavy atom. The molecule has 1 fully saturated rings. The average molecular weight is 385 g/mol. The second kappa shape index (κ2) is 6.99. The lowest BCUT2D eigenvalue weighted by atomic mass is 9.97. The van der Waals surface area contributed by atoms with Crippen molar-refractivity contribution in [2.75, 3.05) is 20.1 Å². The summed E-state index contributed by atoms with van der Waals surface area (Å²) in [6.45, 7) is 2.28. The number of rotatable bonds is 2. The number of hydrogen-bond acceptors (Lipinski definition) is 3. The standard InChI is InChI=1S/C24H23N3O2/c1-26-15-17-14-16(8-9-19(17)23(26)28)18-6-5-7-21-20(18)10-11-22(25-21)24(29)27-12-3-2-4-13-27/h5-11,14H,2-4,12-13,15H2,1H3. The molecule has 5 nitrogen and oxygen atoms in total. The number of pyridine rings is 1. The minimum absolute atomic E-state index is 0.0242. The number of hydrogen-bond donors (Lipinski definition) is 0. The number of nitrogens with zero attached hydrogens (tertiary/aromatic N) is 3. The third-order valence-corrected chi connectivity index (χ3v) is 6.00. The van der Waals surface area contributed by atoms with Crippen LogP contribution in [0.3, 0.4) is 0 Å². The van der Waals surface area contributed by atoms with Crippen molar-refractivity contribution in [2.24, 2.45) is 0 Å². The number of benzene rings is 2. The van der Waals surface area contributed by atoms with E-state index in [4.69, 9.17) is 0 Å². The second-order valence-electron chi connectivity index (χ2n) is 7.95. The van der Waals surface area contributed by atoms with Gasteiger partial charge in [0, 0.05) is 37.6 Å². The van der Waals surface area contributed by atoms with Gasteiger partial charge in [0.25, 0.3) is 11.8 Å². The summed E-state index contributed by atoms with van der Waals surface area (Å²) in [6.07, 6.45) is 3.33. The maximum absolute atomic E-state index is 12.8. The van der Waals surface area contributed by atoms with Crippen LogP contribution in [0.25, 0.3) is 22.0 Å². The van der Waals surface area contributed by atoms with Gasteiger partial charge < -0.3 is 9.80 Å². The van der Waals surface area contributed by atoms with Crippen molar-refractivity contribution in [3.8, 4) is 11.1 Å². The van der Waals surface area contributed by atoms with Gasteiger partial charge in [0.15, 0.2) is 0 Å². The molecule has 0 atom stereocenters. The van der Waals surface area contributed by atoms with Crippen LogP contribution in [0.4, 0.5) is 0 Å². The number of amides is 2. The van der Waals surface area contributed by atoms with Crippen molar-refractivity contribution in [1.29, 1.82) is 0 Å². The van der Waals surface area contributed by atoms with E-state index in [9.17, 15) is 9.59 Å². The van der Waals surface area contributed by atoms with Crippen LogP contribution in [0.5, 0.6) is 0 Å². The first-order valence-corrected chi connectivity index (χ1v) is 10.2. The summed E-state index contributed by atoms with van der Waals surface area (Å²) in [5.41, 5.74) is 5.30. The van der Waals surface area contributed by atoms with Gasteiger partial charge in [-0.2, -0.15) is 0 Å². The molecule has 0 spiro atoms. The first-order chi connectivity index (χ1) is 14.1. The molecular weight excluding hydrogens is 362 g/mol. The smallest absolute Gasteiger partial charge is 0.272 e. The summed E-state index contributed by atoms with van der Waals surface area (Å²) in [4.78, 5) is 33.3. The summed E-state index contributed by atoms with van der Waals surface area (Å²) in [5, 5.41) is 1.01. The first-order valence-electron chi connectivity index (χ1n) is 10.2. The third kappa shape index (κ3) is 3.07. The average Bonchev–Trinajstić information content (AvgIpc) is 3.06. The number of carbonyl (C=O) groups excluding carboxylic acids is 2. The molecule has 2 aliphatic heterocycles. The van der Waals surface area contributed by atoms with Gasteiger partial charge in [-0.15, -0.1) is 0 Å². The van der Waals surface area contributed by atoms with Crippen molar-refractivity contribution in [3.63, 3.8) is 0 Å². The molecule has 1 saturated heterocycles. The van der Waals surface area contributed by atoms with E-state index in [1.165, 1.54) is 6.42 Å². The van der Waals surface area contributed by atoms with Crippen LogP contribution < -0.4 is 0 Å². The topological polar surface area (TPSA) is 53.5 Å². The van der Waals surface area contributed by atoms with E-state index in [0.29, 0.717) is 12.2 Å². The van der Waals surface area contributed by atoms with Gasteiger partial charge in [-0.25, -0.2) is 4.98 Å². The summed E-state index contributed by atoms with van der Waals surface area (Å²) in [6, 6.07) is 15.8. The Morgan fingerprint density at radius 1 is 0.966 bits per heavy atom. The van der Waals surface area contributed by atoms with Gasteiger partial charge in [0.05, 0.1) is 5.52 Å². The molecule has 3 heterocycles. The Labute approximate surface area is 170 Å². The van der Waals surface area contributed by atoms with Crippen molar-refractivity contribution in [3.05, 3.63) is 65.4 Å². The Balaban J connectivity index is 1.52. The summed E-state index contributed by atoms with van der Waals surface area (Å²) in [7, 11) is 1.82. The highest BCUT2D eigenvalue weighted by Gasteiger charge is 2.25. The Hall–Kier alpha value is -3.21. The van der Waals surface area contributed by atoms with Crippen LogP contribution in [0, 0.1) is 0 Å². The van der Waals surface area contributed by atoms with Gasteiger partial charge >= 0.3 is 0 Å². The second-order valence-corrected chi connectivity index (χ2v) is 7.95. The lowest BCUT2D eigenvalue weighted by Gasteiger charge is -2.26. The van der Waals surface area contributed by atoms with Crippen molar-refractivity contribution >= 4 is 22.7 Å². The van der Waals surface area contributed by atoms with E-state index in [1.807, 2.05) is 48.3 Å². The van der Waals surface area contributed by atoms with Crippen LogP contribution in [-0.4, -0.2) is 46.7 Å². The number of carbonyl (C=O) groups is 2. The van der Waals surface area contributed by atoms with Crippen LogP contribution in [0.1, 0.15) is 45.7 Å². The van der Waals surface area contributed by atoms with E-state index in [1.54, 1.807) is 4.90 Å². The lowest BCUT2D eigenvalue weighted by Crippen LogP contribution is -2.36. The van der Waals surface area contributed by atoms with Crippen LogP contribution in [0.15, 0.2) is 48.5 Å². The Morgan fingerprint density at radius 2 is 1.79 bits per heavy atom. The van der Waals surface area contributed by atoms with E-state index in [0.717, 1.165) is 59.1 Å². The molecule has 0 unspecified atom stereocenters. The molecule has 0 aliphatic carbocycles. The van der Waals surface area contributed by atoms with E-state index in [2.05, 4.69) is 17.1 Å². The fourth-order valence-electron chi connectivity index (χ4n) is 4.42. The molecule has 5 heteroatoms. The highest BCUT2D eigenvalue weighted by Crippen LogP contribution is 2.32. The highest BCUT2D eigenvalue weighted by atomic mass is 16.2. The van der Waals surface area contributed by atoms with Gasteiger partial charge in [0.2, 0.25) is 0 Å². The fraction of sp³-hybridized carbons (Fsp3) is 0.292. The van der Waals surface area contributed by atoms with Gasteiger partial charge in [-0.1, -0.05) is 18.2 Å². The maximum atomic E-state index is 12.8. The van der Waals surface area contributed by atoms with Gasteiger partial charge in [-0.3, -0.25) is 9.59 Å². The van der Waals surface area contributed by atoms with Crippen molar-refractivity contribution in [1.82, 2.24) is 14.8 Å². The molecule has 0 bridgehead atoms. The monoisotopic (exact) mass is 385 g/mol. The molecule has 0 N–H and O–H groups in total. The van der Waals surface area contributed by atoms with Crippen LogP contribution >= 0.6 is 0 Å². The predicted molar refractivity (Wildman–Crippen MR) is 113 cm³/mol. The predicted octanol–water partition coefficient (Wildman–Crippen LogP) is 4.11. The van der Waals surface area contributed by atoms with Crippen molar-refractivity contribution in [2.45, 2.75) is 25.8 Å². The van der Waals surface area contributed by atoms with Crippen molar-refractivity contribution < 1.29 is 9.59 Å². The van der Waals surface area contributed by atoms with Crippen LogP contribution in [-0.2, 0) is 6.54 Å². The third-order valence-electron chi connectivity index (χ3n) is 6.00. The zero-order valence-corrected chi connectivity index (χ0v) is 16.5. The minimum atomic E-state index is 0.0242. The molecule has 2 aromatic carbocycles. The van der Waals surface area contributed by atoms with Crippen LogP contribution in [0.2, 0.25) is 0 Å². The van der Waals surface area contributed by atoms with E-state index in [-0.39, 0.29) is 11.8 Å². The first kappa shape index (κ1) is 17.9. The van der Waals surface area contributed by atoms with Gasteiger partial charge in [0.1, 0.15) is 5.69 Å². The highest BCUT2D eigenvalue weighted by molar-refractivity contribution is 6.01.